The van der Waals surface area contributed by atoms with E-state index in [1.54, 1.807) is 18.9 Å². The summed E-state index contributed by atoms with van der Waals surface area (Å²) in [5.74, 6) is 1.81. The van der Waals surface area contributed by atoms with Gasteiger partial charge in [-0.3, -0.25) is 15.2 Å². The van der Waals surface area contributed by atoms with Gasteiger partial charge in [0.25, 0.3) is 0 Å². The van der Waals surface area contributed by atoms with E-state index in [9.17, 15) is 0 Å². The van der Waals surface area contributed by atoms with Crippen LogP contribution in [0.2, 0.25) is 0 Å². The van der Waals surface area contributed by atoms with Crippen LogP contribution >= 0.6 is 0 Å². The molecule has 0 spiro atoms. The fourth-order valence-corrected chi connectivity index (χ4v) is 2.35. The molecule has 1 N–H and O–H groups in total. The first kappa shape index (κ1) is 8.94. The summed E-state index contributed by atoms with van der Waals surface area (Å²) in [6.45, 7) is 1.48. The van der Waals surface area contributed by atoms with Crippen molar-refractivity contribution < 1.29 is 4.74 Å². The topological polar surface area (TPSA) is 67.6 Å². The van der Waals surface area contributed by atoms with E-state index in [4.69, 9.17) is 4.74 Å². The number of nitrogens with zero attached hydrogens (tertiary/aromatic N) is 5. The monoisotopic (exact) mass is 230 g/mol. The normalized spacial score (nSPS) is 25.2. The smallest absolute Gasteiger partial charge is 0.184 e. The van der Waals surface area contributed by atoms with Crippen LogP contribution in [0, 0.1) is 0 Å². The maximum Gasteiger partial charge on any atom is 0.184 e. The van der Waals surface area contributed by atoms with Gasteiger partial charge < -0.3 is 9.30 Å². The first-order valence-electron chi connectivity index (χ1n) is 5.41. The van der Waals surface area contributed by atoms with E-state index >= 15 is 0 Å². The zero-order chi connectivity index (χ0) is 11.2. The molecular formula is C10H10N6O. The van der Waals surface area contributed by atoms with Crippen molar-refractivity contribution in [3.05, 3.63) is 30.9 Å². The average molecular weight is 230 g/mol. The van der Waals surface area contributed by atoms with Crippen LogP contribution in [-0.2, 0) is 4.74 Å². The van der Waals surface area contributed by atoms with Gasteiger partial charge in [0.05, 0.1) is 6.67 Å². The number of fused-ring (bicyclic) bond motifs is 6. The van der Waals surface area contributed by atoms with Crippen LogP contribution in [0.4, 0.5) is 0 Å². The van der Waals surface area contributed by atoms with E-state index < -0.39 is 0 Å². The van der Waals surface area contributed by atoms with E-state index in [2.05, 4.69) is 20.5 Å². The summed E-state index contributed by atoms with van der Waals surface area (Å²) in [6, 6.07) is 0.147. The fourth-order valence-electron chi connectivity index (χ4n) is 2.35. The molecule has 86 valence electrons. The fraction of sp³-hybridized carbons (Fsp3) is 0.300. The molecule has 4 heterocycles. The molecule has 0 bridgehead atoms. The summed E-state index contributed by atoms with van der Waals surface area (Å²) in [7, 11) is 0. The second kappa shape index (κ2) is 3.17. The third-order valence-electron chi connectivity index (χ3n) is 3.10. The summed E-state index contributed by atoms with van der Waals surface area (Å²) < 4.78 is 7.23. The lowest BCUT2D eigenvalue weighted by atomic mass is 10.1. The molecule has 3 aliphatic heterocycles. The van der Waals surface area contributed by atoms with Gasteiger partial charge in [0, 0.05) is 12.7 Å². The molecule has 1 aromatic heterocycles. The Kier molecular flexibility index (Phi) is 1.67. The largest absolute Gasteiger partial charge is 0.469 e. The third kappa shape index (κ3) is 1.11. The summed E-state index contributed by atoms with van der Waals surface area (Å²) in [5, 5.41) is 11.4. The standard InChI is InChI=1S/C10H10N6O/c1-2-17-4-8-10-14-13-6-16(10)7-3-11-5-12-9(7)15(1)8/h1-2,4,6-7,11H,3,5H2. The minimum atomic E-state index is 0.147. The van der Waals surface area contributed by atoms with Crippen LogP contribution in [0.1, 0.15) is 11.9 Å². The lowest BCUT2D eigenvalue weighted by Gasteiger charge is -2.38. The van der Waals surface area contributed by atoms with Gasteiger partial charge in [0.15, 0.2) is 5.82 Å². The molecule has 0 fully saturated rings. The van der Waals surface area contributed by atoms with Crippen molar-refractivity contribution in [3.8, 4) is 0 Å². The van der Waals surface area contributed by atoms with Gasteiger partial charge in [-0.1, -0.05) is 0 Å². The Labute approximate surface area is 97.1 Å². The second-order valence-electron chi connectivity index (χ2n) is 4.00. The highest BCUT2D eigenvalue weighted by atomic mass is 16.5. The highest BCUT2D eigenvalue weighted by Gasteiger charge is 2.37. The molecule has 3 aliphatic rings. The maximum absolute atomic E-state index is 5.21. The van der Waals surface area contributed by atoms with Gasteiger partial charge >= 0.3 is 0 Å². The Morgan fingerprint density at radius 3 is 3.47 bits per heavy atom. The molecule has 0 aliphatic carbocycles. The zero-order valence-electron chi connectivity index (χ0n) is 8.95. The lowest BCUT2D eigenvalue weighted by molar-refractivity contribution is 0.366. The van der Waals surface area contributed by atoms with Crippen molar-refractivity contribution >= 4 is 11.5 Å². The molecule has 7 nitrogen and oxygen atoms in total. The number of nitrogens with one attached hydrogen (secondary N) is 1. The van der Waals surface area contributed by atoms with Crippen molar-refractivity contribution in [1.82, 2.24) is 25.0 Å². The van der Waals surface area contributed by atoms with Gasteiger partial charge in [-0.05, 0) is 0 Å². The van der Waals surface area contributed by atoms with Crippen molar-refractivity contribution in [2.45, 2.75) is 6.04 Å². The van der Waals surface area contributed by atoms with E-state index in [0.29, 0.717) is 6.67 Å². The minimum Gasteiger partial charge on any atom is -0.469 e. The molecule has 17 heavy (non-hydrogen) atoms. The van der Waals surface area contributed by atoms with Crippen molar-refractivity contribution in [2.24, 2.45) is 4.99 Å². The molecule has 0 amide bonds. The molecule has 4 rings (SSSR count). The number of rotatable bonds is 0. The Morgan fingerprint density at radius 2 is 2.47 bits per heavy atom. The highest BCUT2D eigenvalue weighted by molar-refractivity contribution is 5.97. The molecule has 0 aromatic carbocycles. The molecule has 0 radical (unpaired) electrons. The lowest BCUT2D eigenvalue weighted by Crippen LogP contribution is -2.47. The first-order valence-corrected chi connectivity index (χ1v) is 5.41. The first-order chi connectivity index (χ1) is 8.45. The van der Waals surface area contributed by atoms with Gasteiger partial charge in [-0.25, -0.2) is 0 Å². The predicted molar refractivity (Wildman–Crippen MR) is 59.4 cm³/mol. The number of hydrogen-bond acceptors (Lipinski definition) is 6. The minimum absolute atomic E-state index is 0.147. The highest BCUT2D eigenvalue weighted by Crippen LogP contribution is 2.32. The average Bonchev–Trinajstić information content (AvgIpc) is 2.89. The van der Waals surface area contributed by atoms with E-state index in [-0.39, 0.29) is 6.04 Å². The van der Waals surface area contributed by atoms with Crippen molar-refractivity contribution in [3.63, 3.8) is 0 Å². The van der Waals surface area contributed by atoms with E-state index in [0.717, 1.165) is 23.9 Å². The molecule has 7 heteroatoms. The SMILES string of the molecule is C1=CN2C(=CO1)c1nncn1C1CNCN=C12. The molecule has 0 saturated carbocycles. The quantitative estimate of drug-likeness (QED) is 0.673. The van der Waals surface area contributed by atoms with Crippen LogP contribution in [0.3, 0.4) is 0 Å². The number of ether oxygens (including phenoxy) is 1. The molecule has 1 aromatic rings. The third-order valence-corrected chi connectivity index (χ3v) is 3.10. The summed E-state index contributed by atoms with van der Waals surface area (Å²) in [5.41, 5.74) is 0.877. The maximum atomic E-state index is 5.21. The van der Waals surface area contributed by atoms with Crippen LogP contribution < -0.4 is 5.32 Å². The Balaban J connectivity index is 1.95. The van der Waals surface area contributed by atoms with Gasteiger partial charge in [-0.2, -0.15) is 0 Å². The number of amidine groups is 1. The summed E-state index contributed by atoms with van der Waals surface area (Å²) >= 11 is 0. The van der Waals surface area contributed by atoms with Crippen LogP contribution in [-0.4, -0.2) is 38.7 Å². The van der Waals surface area contributed by atoms with Crippen molar-refractivity contribution in [1.29, 1.82) is 0 Å². The number of aromatic nitrogens is 3. The second-order valence-corrected chi connectivity index (χ2v) is 4.00. The van der Waals surface area contributed by atoms with Crippen molar-refractivity contribution in [2.75, 3.05) is 13.2 Å². The Morgan fingerprint density at radius 1 is 1.47 bits per heavy atom. The van der Waals surface area contributed by atoms with E-state index in [1.165, 1.54) is 0 Å². The van der Waals surface area contributed by atoms with E-state index in [1.807, 2.05) is 15.7 Å². The van der Waals surface area contributed by atoms with Gasteiger partial charge in [0.1, 0.15) is 36.4 Å². The molecule has 0 saturated heterocycles. The molecule has 1 unspecified atom stereocenters. The molecular weight excluding hydrogens is 220 g/mol. The zero-order valence-corrected chi connectivity index (χ0v) is 8.95. The number of aliphatic imine (C=N–C) groups is 1. The number of hydrogen-bond donors (Lipinski definition) is 1. The Bertz CT molecular complexity index is 557. The van der Waals surface area contributed by atoms with Gasteiger partial charge in [0.2, 0.25) is 0 Å². The Hall–Kier alpha value is -2.15. The van der Waals surface area contributed by atoms with Crippen LogP contribution in [0.5, 0.6) is 0 Å². The predicted octanol–water partition coefficient (Wildman–Crippen LogP) is -0.106. The summed E-state index contributed by atoms with van der Waals surface area (Å²) in [6.07, 6.45) is 6.90. The van der Waals surface area contributed by atoms with Crippen LogP contribution in [0.15, 0.2) is 30.0 Å². The summed E-state index contributed by atoms with van der Waals surface area (Å²) in [4.78, 5) is 6.53. The molecule has 1 atom stereocenters. The van der Waals surface area contributed by atoms with Gasteiger partial charge in [-0.15, -0.1) is 10.2 Å². The van der Waals surface area contributed by atoms with Crippen LogP contribution in [0.25, 0.3) is 5.70 Å².